The number of nitrogens with two attached hydrogens (primary N) is 1. The fourth-order valence-electron chi connectivity index (χ4n) is 1.60. The smallest absolute Gasteiger partial charge is 0.0719 e. The summed E-state index contributed by atoms with van der Waals surface area (Å²) in [5.74, 6) is 0. The zero-order valence-electron chi connectivity index (χ0n) is 9.01. The van der Waals surface area contributed by atoms with E-state index in [4.69, 9.17) is 5.73 Å². The Balaban J connectivity index is 2.01. The Morgan fingerprint density at radius 1 is 1.33 bits per heavy atom. The van der Waals surface area contributed by atoms with Crippen molar-refractivity contribution < 1.29 is 0 Å². The quantitative estimate of drug-likeness (QED) is 0.812. The molecule has 0 atom stereocenters. The van der Waals surface area contributed by atoms with Crippen molar-refractivity contribution in [3.63, 3.8) is 0 Å². The van der Waals surface area contributed by atoms with E-state index in [-0.39, 0.29) is 0 Å². The first-order chi connectivity index (χ1) is 7.15. The normalized spacial score (nSPS) is 10.8. The van der Waals surface area contributed by atoms with Crippen molar-refractivity contribution in [3.8, 4) is 0 Å². The molecule has 2 heterocycles. The molecule has 0 unspecified atom stereocenters. The summed E-state index contributed by atoms with van der Waals surface area (Å²) in [6.07, 6.45) is 3.48. The number of anilines is 1. The number of nitrogen functional groups attached to an aromatic ring is 1. The van der Waals surface area contributed by atoms with Gasteiger partial charge in [-0.15, -0.1) is 0 Å². The van der Waals surface area contributed by atoms with Crippen LogP contribution in [0.1, 0.15) is 11.4 Å². The molecule has 80 valence electrons. The van der Waals surface area contributed by atoms with Crippen LogP contribution in [0.4, 0.5) is 5.69 Å². The van der Waals surface area contributed by atoms with Crippen LogP contribution in [0, 0.1) is 13.8 Å². The van der Waals surface area contributed by atoms with Crippen molar-refractivity contribution in [2.24, 2.45) is 0 Å². The second-order valence-electron chi connectivity index (χ2n) is 3.69. The first-order valence-corrected chi connectivity index (χ1v) is 4.94. The van der Waals surface area contributed by atoms with E-state index in [1.54, 1.807) is 6.20 Å². The average Bonchev–Trinajstić information content (AvgIpc) is 2.70. The Bertz CT molecular complexity index is 454. The van der Waals surface area contributed by atoms with Gasteiger partial charge in [0.2, 0.25) is 0 Å². The highest BCUT2D eigenvalue weighted by Gasteiger charge is 2.01. The predicted molar refractivity (Wildman–Crippen MR) is 58.3 cm³/mol. The first kappa shape index (κ1) is 9.76. The molecular formula is C10H15N5. The van der Waals surface area contributed by atoms with Crippen LogP contribution in [0.3, 0.4) is 0 Å². The minimum absolute atomic E-state index is 0.698. The molecule has 5 nitrogen and oxygen atoms in total. The maximum atomic E-state index is 5.58. The number of aryl methyl sites for hydroxylation is 4. The number of rotatable bonds is 3. The van der Waals surface area contributed by atoms with Gasteiger partial charge in [0, 0.05) is 11.9 Å². The highest BCUT2D eigenvalue weighted by Crippen LogP contribution is 2.03. The standard InChI is InChI=1S/C10H15N5/c1-8-5-9(2)15(13-8)4-3-14-7-10(11)6-12-14/h5-7H,3-4,11H2,1-2H3. The molecule has 0 radical (unpaired) electrons. The Labute approximate surface area is 88.5 Å². The van der Waals surface area contributed by atoms with Gasteiger partial charge in [0.15, 0.2) is 0 Å². The van der Waals surface area contributed by atoms with Crippen LogP contribution in [0.2, 0.25) is 0 Å². The van der Waals surface area contributed by atoms with E-state index in [1.165, 1.54) is 5.69 Å². The minimum atomic E-state index is 0.698. The molecule has 0 saturated carbocycles. The van der Waals surface area contributed by atoms with Crippen LogP contribution in [-0.4, -0.2) is 19.6 Å². The van der Waals surface area contributed by atoms with Crippen molar-refractivity contribution >= 4 is 5.69 Å². The molecule has 2 aromatic rings. The Hall–Kier alpha value is -1.78. The van der Waals surface area contributed by atoms with Crippen LogP contribution in [-0.2, 0) is 13.1 Å². The van der Waals surface area contributed by atoms with E-state index in [9.17, 15) is 0 Å². The van der Waals surface area contributed by atoms with Crippen LogP contribution >= 0.6 is 0 Å². The largest absolute Gasteiger partial charge is 0.396 e. The van der Waals surface area contributed by atoms with Gasteiger partial charge in [-0.3, -0.25) is 9.36 Å². The second-order valence-corrected chi connectivity index (χ2v) is 3.69. The summed E-state index contributed by atoms with van der Waals surface area (Å²) < 4.78 is 3.80. The van der Waals surface area contributed by atoms with Crippen molar-refractivity contribution in [1.82, 2.24) is 19.6 Å². The van der Waals surface area contributed by atoms with Crippen LogP contribution in [0.5, 0.6) is 0 Å². The van der Waals surface area contributed by atoms with Gasteiger partial charge in [0.1, 0.15) is 0 Å². The van der Waals surface area contributed by atoms with E-state index in [2.05, 4.69) is 23.2 Å². The fourth-order valence-corrected chi connectivity index (χ4v) is 1.60. The lowest BCUT2D eigenvalue weighted by atomic mass is 10.4. The van der Waals surface area contributed by atoms with E-state index in [0.717, 1.165) is 18.8 Å². The molecular weight excluding hydrogens is 190 g/mol. The summed E-state index contributed by atoms with van der Waals surface area (Å²) in [6, 6.07) is 2.07. The molecule has 0 fully saturated rings. The van der Waals surface area contributed by atoms with Gasteiger partial charge in [-0.2, -0.15) is 10.2 Å². The van der Waals surface area contributed by atoms with Crippen LogP contribution < -0.4 is 5.73 Å². The summed E-state index contributed by atoms with van der Waals surface area (Å²) >= 11 is 0. The third kappa shape index (κ3) is 2.18. The Morgan fingerprint density at radius 3 is 2.67 bits per heavy atom. The molecule has 0 spiro atoms. The zero-order valence-corrected chi connectivity index (χ0v) is 9.01. The van der Waals surface area contributed by atoms with Crippen LogP contribution in [0.15, 0.2) is 18.5 Å². The second kappa shape index (κ2) is 3.76. The monoisotopic (exact) mass is 205 g/mol. The lowest BCUT2D eigenvalue weighted by molar-refractivity contribution is 0.491. The summed E-state index contributed by atoms with van der Waals surface area (Å²) in [5, 5.41) is 8.49. The maximum absolute atomic E-state index is 5.58. The Morgan fingerprint density at radius 2 is 2.13 bits per heavy atom. The van der Waals surface area contributed by atoms with Gasteiger partial charge in [-0.05, 0) is 19.9 Å². The van der Waals surface area contributed by atoms with Crippen LogP contribution in [0.25, 0.3) is 0 Å². The number of hydrogen-bond acceptors (Lipinski definition) is 3. The lowest BCUT2D eigenvalue weighted by Gasteiger charge is -2.04. The highest BCUT2D eigenvalue weighted by atomic mass is 15.3. The zero-order chi connectivity index (χ0) is 10.8. The molecule has 0 bridgehead atoms. The summed E-state index contributed by atoms with van der Waals surface area (Å²) in [5.41, 5.74) is 8.50. The maximum Gasteiger partial charge on any atom is 0.0719 e. The number of nitrogens with zero attached hydrogens (tertiary/aromatic N) is 4. The molecule has 15 heavy (non-hydrogen) atoms. The van der Waals surface area contributed by atoms with Gasteiger partial charge < -0.3 is 5.73 Å². The van der Waals surface area contributed by atoms with Gasteiger partial charge in [0.25, 0.3) is 0 Å². The average molecular weight is 205 g/mol. The first-order valence-electron chi connectivity index (χ1n) is 4.94. The molecule has 0 aromatic carbocycles. The summed E-state index contributed by atoms with van der Waals surface area (Å²) in [7, 11) is 0. The molecule has 5 heteroatoms. The molecule has 0 saturated heterocycles. The predicted octanol–water partition coefficient (Wildman–Crippen LogP) is 0.979. The SMILES string of the molecule is Cc1cc(C)n(CCn2cc(N)cn2)n1. The molecule has 0 aliphatic rings. The van der Waals surface area contributed by atoms with Crippen molar-refractivity contribution in [2.75, 3.05) is 5.73 Å². The number of hydrogen-bond donors (Lipinski definition) is 1. The molecule has 2 N–H and O–H groups in total. The van der Waals surface area contributed by atoms with E-state index < -0.39 is 0 Å². The molecule has 0 aliphatic heterocycles. The molecule has 2 rings (SSSR count). The highest BCUT2D eigenvalue weighted by molar-refractivity contribution is 5.30. The lowest BCUT2D eigenvalue weighted by Crippen LogP contribution is -2.10. The van der Waals surface area contributed by atoms with E-state index >= 15 is 0 Å². The molecule has 2 aromatic heterocycles. The fraction of sp³-hybridized carbons (Fsp3) is 0.400. The number of aromatic nitrogens is 4. The van der Waals surface area contributed by atoms with Gasteiger partial charge in [0.05, 0.1) is 30.7 Å². The van der Waals surface area contributed by atoms with Crippen molar-refractivity contribution in [1.29, 1.82) is 0 Å². The van der Waals surface area contributed by atoms with Crippen molar-refractivity contribution in [3.05, 3.63) is 29.8 Å². The summed E-state index contributed by atoms with van der Waals surface area (Å²) in [6.45, 7) is 5.66. The topological polar surface area (TPSA) is 61.7 Å². The van der Waals surface area contributed by atoms with Gasteiger partial charge in [-0.1, -0.05) is 0 Å². The Kier molecular flexibility index (Phi) is 2.45. The minimum Gasteiger partial charge on any atom is -0.396 e. The third-order valence-corrected chi connectivity index (χ3v) is 2.30. The summed E-state index contributed by atoms with van der Waals surface area (Å²) in [4.78, 5) is 0. The third-order valence-electron chi connectivity index (χ3n) is 2.30. The van der Waals surface area contributed by atoms with E-state index in [0.29, 0.717) is 5.69 Å². The molecule has 0 aliphatic carbocycles. The van der Waals surface area contributed by atoms with Gasteiger partial charge in [-0.25, -0.2) is 0 Å². The van der Waals surface area contributed by atoms with Crippen molar-refractivity contribution in [2.45, 2.75) is 26.9 Å². The van der Waals surface area contributed by atoms with E-state index in [1.807, 2.05) is 22.5 Å². The molecule has 0 amide bonds. The van der Waals surface area contributed by atoms with Gasteiger partial charge >= 0.3 is 0 Å².